The van der Waals surface area contributed by atoms with Crippen molar-refractivity contribution in [2.24, 2.45) is 11.8 Å². The minimum atomic E-state index is 0.112. The van der Waals surface area contributed by atoms with Crippen molar-refractivity contribution in [2.75, 3.05) is 13.1 Å². The van der Waals surface area contributed by atoms with Gasteiger partial charge in [0.2, 0.25) is 0 Å². The standard InChI is InChI=1S/C16H22N4O/c1-4-20-15-6-5-13(8-14(15)17-18-20)16(21)19-9-11(2)7-12(3)10-19/h5-6,8,11-12H,4,7,9-10H2,1-3H3. The number of rotatable bonds is 2. The van der Waals surface area contributed by atoms with E-state index >= 15 is 0 Å². The maximum atomic E-state index is 12.7. The highest BCUT2D eigenvalue weighted by Gasteiger charge is 2.26. The lowest BCUT2D eigenvalue weighted by Gasteiger charge is -2.35. The van der Waals surface area contributed by atoms with Crippen molar-refractivity contribution in [2.45, 2.75) is 33.7 Å². The van der Waals surface area contributed by atoms with Gasteiger partial charge in [-0.2, -0.15) is 0 Å². The van der Waals surface area contributed by atoms with E-state index < -0.39 is 0 Å². The summed E-state index contributed by atoms with van der Waals surface area (Å²) >= 11 is 0. The Hall–Kier alpha value is -1.91. The van der Waals surface area contributed by atoms with E-state index in [1.807, 2.05) is 34.7 Å². The van der Waals surface area contributed by atoms with E-state index in [0.29, 0.717) is 17.4 Å². The zero-order valence-corrected chi connectivity index (χ0v) is 12.9. The number of fused-ring (bicyclic) bond motifs is 1. The highest BCUT2D eigenvalue weighted by molar-refractivity contribution is 5.97. The third-order valence-corrected chi connectivity index (χ3v) is 4.22. The number of aryl methyl sites for hydroxylation is 1. The first kappa shape index (κ1) is 14.0. The maximum Gasteiger partial charge on any atom is 0.253 e. The van der Waals surface area contributed by atoms with Crippen LogP contribution in [0.25, 0.3) is 11.0 Å². The van der Waals surface area contributed by atoms with Gasteiger partial charge in [0.05, 0.1) is 5.52 Å². The molecule has 0 N–H and O–H groups in total. The van der Waals surface area contributed by atoms with Gasteiger partial charge in [-0.25, -0.2) is 4.68 Å². The average Bonchev–Trinajstić information content (AvgIpc) is 2.87. The smallest absolute Gasteiger partial charge is 0.253 e. The predicted molar refractivity (Wildman–Crippen MR) is 82.1 cm³/mol. The zero-order chi connectivity index (χ0) is 15.0. The molecule has 2 unspecified atom stereocenters. The van der Waals surface area contributed by atoms with Crippen LogP contribution in [0.15, 0.2) is 18.2 Å². The van der Waals surface area contributed by atoms with Crippen molar-refractivity contribution in [1.82, 2.24) is 19.9 Å². The molecular weight excluding hydrogens is 264 g/mol. The maximum absolute atomic E-state index is 12.7. The number of hydrogen-bond donors (Lipinski definition) is 0. The number of hydrogen-bond acceptors (Lipinski definition) is 3. The van der Waals surface area contributed by atoms with Crippen LogP contribution in [-0.4, -0.2) is 38.9 Å². The number of piperidine rings is 1. The number of carbonyl (C=O) groups is 1. The molecule has 2 aromatic rings. The van der Waals surface area contributed by atoms with Gasteiger partial charge in [-0.05, 0) is 43.4 Å². The summed E-state index contributed by atoms with van der Waals surface area (Å²) < 4.78 is 1.84. The summed E-state index contributed by atoms with van der Waals surface area (Å²) in [6.07, 6.45) is 1.20. The molecule has 2 heterocycles. The molecule has 0 aliphatic carbocycles. The molecule has 5 heteroatoms. The molecule has 1 aromatic carbocycles. The molecule has 1 saturated heterocycles. The monoisotopic (exact) mass is 286 g/mol. The minimum absolute atomic E-state index is 0.112. The molecule has 3 rings (SSSR count). The van der Waals surface area contributed by atoms with Crippen LogP contribution in [0.3, 0.4) is 0 Å². The quantitative estimate of drug-likeness (QED) is 0.852. The first-order valence-electron chi connectivity index (χ1n) is 7.71. The van der Waals surface area contributed by atoms with E-state index in [2.05, 4.69) is 24.2 Å². The minimum Gasteiger partial charge on any atom is -0.338 e. The van der Waals surface area contributed by atoms with Crippen molar-refractivity contribution in [3.63, 3.8) is 0 Å². The van der Waals surface area contributed by atoms with Crippen LogP contribution in [0.4, 0.5) is 0 Å². The lowest BCUT2D eigenvalue weighted by molar-refractivity contribution is 0.0623. The Labute approximate surface area is 124 Å². The first-order valence-corrected chi connectivity index (χ1v) is 7.71. The largest absolute Gasteiger partial charge is 0.338 e. The summed E-state index contributed by atoms with van der Waals surface area (Å²) in [7, 11) is 0. The lowest BCUT2D eigenvalue weighted by Crippen LogP contribution is -2.42. The summed E-state index contributed by atoms with van der Waals surface area (Å²) in [6, 6.07) is 5.70. The number of amides is 1. The zero-order valence-electron chi connectivity index (χ0n) is 12.9. The summed E-state index contributed by atoms with van der Waals surface area (Å²) in [5, 5.41) is 8.24. The van der Waals surface area contributed by atoms with Gasteiger partial charge in [0.1, 0.15) is 5.52 Å². The molecule has 2 atom stereocenters. The lowest BCUT2D eigenvalue weighted by atomic mass is 9.91. The highest BCUT2D eigenvalue weighted by Crippen LogP contribution is 2.23. The number of likely N-dealkylation sites (tertiary alicyclic amines) is 1. The van der Waals surface area contributed by atoms with Crippen LogP contribution in [-0.2, 0) is 6.54 Å². The van der Waals surface area contributed by atoms with Crippen molar-refractivity contribution >= 4 is 16.9 Å². The molecule has 112 valence electrons. The summed E-state index contributed by atoms with van der Waals surface area (Å²) in [4.78, 5) is 14.7. The van der Waals surface area contributed by atoms with Crippen LogP contribution in [0.5, 0.6) is 0 Å². The summed E-state index contributed by atoms with van der Waals surface area (Å²) in [5.41, 5.74) is 2.49. The van der Waals surface area contributed by atoms with Crippen LogP contribution < -0.4 is 0 Å². The molecule has 5 nitrogen and oxygen atoms in total. The van der Waals surface area contributed by atoms with Crippen LogP contribution in [0.2, 0.25) is 0 Å². The van der Waals surface area contributed by atoms with Gasteiger partial charge in [-0.15, -0.1) is 5.10 Å². The van der Waals surface area contributed by atoms with Crippen molar-refractivity contribution in [3.05, 3.63) is 23.8 Å². The molecule has 1 aromatic heterocycles. The normalized spacial score (nSPS) is 22.7. The third kappa shape index (κ3) is 2.64. The molecule has 1 aliphatic rings. The van der Waals surface area contributed by atoms with E-state index in [9.17, 15) is 4.79 Å². The molecule has 1 amide bonds. The predicted octanol–water partition coefficient (Wildman–Crippen LogP) is 2.57. The summed E-state index contributed by atoms with van der Waals surface area (Å²) in [5.74, 6) is 1.26. The Morgan fingerprint density at radius 1 is 1.29 bits per heavy atom. The fourth-order valence-electron chi connectivity index (χ4n) is 3.35. The Morgan fingerprint density at radius 2 is 2.00 bits per heavy atom. The molecule has 0 bridgehead atoms. The number of aromatic nitrogens is 3. The molecule has 0 spiro atoms. The Bertz CT molecular complexity index is 653. The van der Waals surface area contributed by atoms with Gasteiger partial charge >= 0.3 is 0 Å². The van der Waals surface area contributed by atoms with E-state index in [1.165, 1.54) is 6.42 Å². The van der Waals surface area contributed by atoms with Crippen molar-refractivity contribution < 1.29 is 4.79 Å². The van der Waals surface area contributed by atoms with E-state index in [-0.39, 0.29) is 5.91 Å². The first-order chi connectivity index (χ1) is 10.1. The van der Waals surface area contributed by atoms with Gasteiger partial charge in [0.25, 0.3) is 5.91 Å². The van der Waals surface area contributed by atoms with Crippen molar-refractivity contribution in [1.29, 1.82) is 0 Å². The van der Waals surface area contributed by atoms with Gasteiger partial charge in [0, 0.05) is 25.2 Å². The molecule has 21 heavy (non-hydrogen) atoms. The Morgan fingerprint density at radius 3 is 2.67 bits per heavy atom. The molecule has 1 aliphatic heterocycles. The summed E-state index contributed by atoms with van der Waals surface area (Å²) in [6.45, 7) is 8.94. The number of carbonyl (C=O) groups excluding carboxylic acids is 1. The second-order valence-corrected chi connectivity index (χ2v) is 6.26. The second kappa shape index (κ2) is 5.47. The van der Waals surface area contributed by atoms with Gasteiger partial charge in [0.15, 0.2) is 0 Å². The third-order valence-electron chi connectivity index (χ3n) is 4.22. The molecule has 1 fully saturated rings. The van der Waals surface area contributed by atoms with Crippen LogP contribution >= 0.6 is 0 Å². The van der Waals surface area contributed by atoms with Gasteiger partial charge in [-0.1, -0.05) is 19.1 Å². The van der Waals surface area contributed by atoms with Gasteiger partial charge < -0.3 is 4.90 Å². The Balaban J connectivity index is 1.87. The van der Waals surface area contributed by atoms with E-state index in [4.69, 9.17) is 0 Å². The second-order valence-electron chi connectivity index (χ2n) is 6.26. The number of benzene rings is 1. The molecular formula is C16H22N4O. The van der Waals surface area contributed by atoms with Crippen molar-refractivity contribution in [3.8, 4) is 0 Å². The Kier molecular flexibility index (Phi) is 3.66. The fourth-order valence-corrected chi connectivity index (χ4v) is 3.35. The number of nitrogens with zero attached hydrogens (tertiary/aromatic N) is 4. The highest BCUT2D eigenvalue weighted by atomic mass is 16.2. The van der Waals surface area contributed by atoms with Gasteiger partial charge in [-0.3, -0.25) is 4.79 Å². The van der Waals surface area contributed by atoms with Crippen LogP contribution in [0.1, 0.15) is 37.6 Å². The SMILES string of the molecule is CCn1nnc2cc(C(=O)N3CC(C)CC(C)C3)ccc21. The fraction of sp³-hybridized carbons (Fsp3) is 0.562. The van der Waals surface area contributed by atoms with Crippen LogP contribution in [0, 0.1) is 11.8 Å². The average molecular weight is 286 g/mol. The van der Waals surface area contributed by atoms with E-state index in [0.717, 1.165) is 30.7 Å². The molecule has 0 saturated carbocycles. The van der Waals surface area contributed by atoms with E-state index in [1.54, 1.807) is 0 Å². The topological polar surface area (TPSA) is 51.0 Å². The molecule has 0 radical (unpaired) electrons.